The minimum Gasteiger partial charge on any atom is -0.310 e. The normalized spacial score (nSPS) is 12.4. The fraction of sp³-hybridized carbons (Fsp3) is 0.368. The van der Waals surface area contributed by atoms with E-state index >= 15 is 0 Å². The van der Waals surface area contributed by atoms with Crippen LogP contribution in [0.1, 0.15) is 40.8 Å². The summed E-state index contributed by atoms with van der Waals surface area (Å²) in [5, 5.41) is 3.61. The van der Waals surface area contributed by atoms with Crippen LogP contribution in [0.5, 0.6) is 0 Å². The van der Waals surface area contributed by atoms with Crippen LogP contribution in [-0.2, 0) is 6.42 Å². The highest BCUT2D eigenvalue weighted by molar-refractivity contribution is 9.10. The van der Waals surface area contributed by atoms with Crippen molar-refractivity contribution in [1.82, 2.24) is 5.32 Å². The third kappa shape index (κ3) is 4.18. The number of aryl methyl sites for hydroxylation is 3. The molecule has 0 saturated heterocycles. The Labute approximate surface area is 136 Å². The lowest BCUT2D eigenvalue weighted by atomic mass is 9.96. The lowest BCUT2D eigenvalue weighted by Crippen LogP contribution is -2.23. The second-order valence-corrected chi connectivity index (χ2v) is 6.61. The standard InChI is InChI=1S/C19H24BrN/c1-5-21-19(17-9-6-13(2)10-18(17)20)12-16-8-7-14(3)15(4)11-16/h6-11,19,21H,5,12H2,1-4H3. The van der Waals surface area contributed by atoms with Crippen molar-refractivity contribution in [3.8, 4) is 0 Å². The molecule has 0 saturated carbocycles. The van der Waals surface area contributed by atoms with E-state index in [0.717, 1.165) is 13.0 Å². The smallest absolute Gasteiger partial charge is 0.0372 e. The van der Waals surface area contributed by atoms with Gasteiger partial charge in [0.1, 0.15) is 0 Å². The van der Waals surface area contributed by atoms with E-state index < -0.39 is 0 Å². The van der Waals surface area contributed by atoms with Crippen molar-refractivity contribution in [3.05, 3.63) is 68.7 Å². The Morgan fingerprint density at radius 3 is 2.38 bits per heavy atom. The minimum atomic E-state index is 0.340. The Morgan fingerprint density at radius 2 is 1.76 bits per heavy atom. The predicted molar refractivity (Wildman–Crippen MR) is 94.9 cm³/mol. The van der Waals surface area contributed by atoms with E-state index in [0.29, 0.717) is 6.04 Å². The Morgan fingerprint density at radius 1 is 1.00 bits per heavy atom. The summed E-state index contributed by atoms with van der Waals surface area (Å²) >= 11 is 3.72. The second kappa shape index (κ2) is 7.24. The van der Waals surface area contributed by atoms with Crippen LogP contribution in [0, 0.1) is 20.8 Å². The van der Waals surface area contributed by atoms with Crippen molar-refractivity contribution in [1.29, 1.82) is 0 Å². The topological polar surface area (TPSA) is 12.0 Å². The van der Waals surface area contributed by atoms with Gasteiger partial charge in [0, 0.05) is 10.5 Å². The number of halogens is 1. The van der Waals surface area contributed by atoms with Gasteiger partial charge in [0.2, 0.25) is 0 Å². The molecule has 2 rings (SSSR count). The van der Waals surface area contributed by atoms with Gasteiger partial charge in [0.05, 0.1) is 0 Å². The molecule has 0 bridgehead atoms. The van der Waals surface area contributed by atoms with E-state index in [1.807, 2.05) is 0 Å². The highest BCUT2D eigenvalue weighted by Crippen LogP contribution is 2.27. The van der Waals surface area contributed by atoms with Crippen molar-refractivity contribution in [3.63, 3.8) is 0 Å². The zero-order valence-electron chi connectivity index (χ0n) is 13.3. The first-order valence-electron chi connectivity index (χ1n) is 7.56. The Kier molecular flexibility index (Phi) is 5.60. The summed E-state index contributed by atoms with van der Waals surface area (Å²) < 4.78 is 1.19. The van der Waals surface area contributed by atoms with Crippen LogP contribution in [-0.4, -0.2) is 6.54 Å². The lowest BCUT2D eigenvalue weighted by molar-refractivity contribution is 0.547. The van der Waals surface area contributed by atoms with Crippen LogP contribution in [0.15, 0.2) is 40.9 Å². The molecule has 0 aliphatic rings. The molecule has 1 nitrogen and oxygen atoms in total. The number of likely N-dealkylation sites (N-methyl/N-ethyl adjacent to an activating group) is 1. The van der Waals surface area contributed by atoms with E-state index in [-0.39, 0.29) is 0 Å². The fourth-order valence-corrected chi connectivity index (χ4v) is 3.39. The number of hydrogen-bond donors (Lipinski definition) is 1. The van der Waals surface area contributed by atoms with E-state index in [1.54, 1.807) is 0 Å². The average molecular weight is 346 g/mol. The highest BCUT2D eigenvalue weighted by Gasteiger charge is 2.14. The van der Waals surface area contributed by atoms with E-state index in [2.05, 4.69) is 85.3 Å². The molecule has 0 spiro atoms. The zero-order chi connectivity index (χ0) is 15.4. The first-order chi connectivity index (χ1) is 10.0. The molecule has 0 aliphatic carbocycles. The summed E-state index contributed by atoms with van der Waals surface area (Å²) in [6.45, 7) is 9.60. The van der Waals surface area contributed by atoms with Gasteiger partial charge < -0.3 is 5.32 Å². The molecule has 2 heteroatoms. The lowest BCUT2D eigenvalue weighted by Gasteiger charge is -2.21. The molecule has 21 heavy (non-hydrogen) atoms. The van der Waals surface area contributed by atoms with Gasteiger partial charge in [-0.1, -0.05) is 53.2 Å². The van der Waals surface area contributed by atoms with Crippen LogP contribution in [0.25, 0.3) is 0 Å². The van der Waals surface area contributed by atoms with Crippen LogP contribution in [0.2, 0.25) is 0 Å². The third-order valence-electron chi connectivity index (χ3n) is 3.99. The molecule has 0 amide bonds. The summed E-state index contributed by atoms with van der Waals surface area (Å²) in [5.74, 6) is 0. The molecule has 1 atom stereocenters. The molecule has 0 aliphatic heterocycles. The largest absolute Gasteiger partial charge is 0.310 e. The maximum Gasteiger partial charge on any atom is 0.0372 e. The Hall–Kier alpha value is -1.12. The second-order valence-electron chi connectivity index (χ2n) is 5.76. The van der Waals surface area contributed by atoms with Crippen LogP contribution < -0.4 is 5.32 Å². The molecule has 2 aromatic rings. The summed E-state index contributed by atoms with van der Waals surface area (Å²) in [4.78, 5) is 0. The molecular formula is C19H24BrN. The number of nitrogens with one attached hydrogen (secondary N) is 1. The third-order valence-corrected chi connectivity index (χ3v) is 4.68. The molecule has 0 aromatic heterocycles. The summed E-state index contributed by atoms with van der Waals surface area (Å²) in [6, 6.07) is 13.7. The molecule has 1 N–H and O–H groups in total. The summed E-state index contributed by atoms with van der Waals surface area (Å²) in [6.07, 6.45) is 1.01. The van der Waals surface area contributed by atoms with Gasteiger partial charge in [-0.05, 0) is 67.6 Å². The first-order valence-corrected chi connectivity index (χ1v) is 8.36. The predicted octanol–water partition coefficient (Wildman–Crippen LogP) is 5.27. The van der Waals surface area contributed by atoms with Crippen molar-refractivity contribution in [2.24, 2.45) is 0 Å². The van der Waals surface area contributed by atoms with Gasteiger partial charge in [-0.3, -0.25) is 0 Å². The molecule has 0 radical (unpaired) electrons. The van der Waals surface area contributed by atoms with Gasteiger partial charge >= 0.3 is 0 Å². The summed E-state index contributed by atoms with van der Waals surface area (Å²) in [7, 11) is 0. The van der Waals surface area contributed by atoms with E-state index in [4.69, 9.17) is 0 Å². The summed E-state index contributed by atoms with van der Waals surface area (Å²) in [5.41, 5.74) is 6.73. The monoisotopic (exact) mass is 345 g/mol. The van der Waals surface area contributed by atoms with Crippen LogP contribution in [0.4, 0.5) is 0 Å². The number of rotatable bonds is 5. The van der Waals surface area contributed by atoms with Crippen LogP contribution in [0.3, 0.4) is 0 Å². The number of hydrogen-bond acceptors (Lipinski definition) is 1. The van der Waals surface area contributed by atoms with Gasteiger partial charge in [0.25, 0.3) is 0 Å². The van der Waals surface area contributed by atoms with E-state index in [9.17, 15) is 0 Å². The maximum atomic E-state index is 3.72. The fourth-order valence-electron chi connectivity index (χ4n) is 2.62. The molecule has 2 aromatic carbocycles. The quantitative estimate of drug-likeness (QED) is 0.778. The molecule has 1 unspecified atom stereocenters. The van der Waals surface area contributed by atoms with Gasteiger partial charge in [0.15, 0.2) is 0 Å². The minimum absolute atomic E-state index is 0.340. The Bertz CT molecular complexity index is 619. The SMILES string of the molecule is CCNC(Cc1ccc(C)c(C)c1)c1ccc(C)cc1Br. The maximum absolute atomic E-state index is 3.72. The number of benzene rings is 2. The highest BCUT2D eigenvalue weighted by atomic mass is 79.9. The van der Waals surface area contributed by atoms with Gasteiger partial charge in [-0.2, -0.15) is 0 Å². The molecule has 112 valence electrons. The molecule has 0 fully saturated rings. The van der Waals surface area contributed by atoms with E-state index in [1.165, 1.54) is 32.3 Å². The van der Waals surface area contributed by atoms with Gasteiger partial charge in [-0.25, -0.2) is 0 Å². The Balaban J connectivity index is 2.28. The van der Waals surface area contributed by atoms with Crippen molar-refractivity contribution < 1.29 is 0 Å². The van der Waals surface area contributed by atoms with Crippen LogP contribution >= 0.6 is 15.9 Å². The van der Waals surface area contributed by atoms with Crippen molar-refractivity contribution in [2.75, 3.05) is 6.54 Å². The zero-order valence-corrected chi connectivity index (χ0v) is 14.9. The molecule has 0 heterocycles. The molecular weight excluding hydrogens is 322 g/mol. The van der Waals surface area contributed by atoms with Crippen molar-refractivity contribution in [2.45, 2.75) is 40.2 Å². The van der Waals surface area contributed by atoms with Gasteiger partial charge in [-0.15, -0.1) is 0 Å². The van der Waals surface area contributed by atoms with Crippen molar-refractivity contribution >= 4 is 15.9 Å². The average Bonchev–Trinajstić information content (AvgIpc) is 2.42. The first kappa shape index (κ1) is 16.3.